The molecule has 0 aliphatic rings. The Balaban J connectivity index is 1.81. The van der Waals surface area contributed by atoms with Crippen molar-refractivity contribution in [2.45, 2.75) is 66.6 Å². The first-order valence-corrected chi connectivity index (χ1v) is 16.7. The minimum atomic E-state index is -6.81. The fourth-order valence-electron chi connectivity index (χ4n) is 4.57. The second kappa shape index (κ2) is 15.0. The standard InChI is InChI=1S/C32H19ClF14O6S/c33-54(52,53)22-10-9-20(11-16-1-5-18(6-2-16)23(48)14-25(50)27(34,35)29(38,39)31(42,43)44)21(13-22)12-17-3-7-19(8-4-17)24(49)15-26(51)28(36,37)30(40,41)32(45,46)47/h1-10,13H,11-12,14-15H2. The van der Waals surface area contributed by atoms with Crippen molar-refractivity contribution in [3.63, 3.8) is 0 Å². The van der Waals surface area contributed by atoms with Crippen molar-refractivity contribution < 1.29 is 89.1 Å². The Morgan fingerprint density at radius 2 is 0.833 bits per heavy atom. The van der Waals surface area contributed by atoms with E-state index < -0.39 is 97.1 Å². The van der Waals surface area contributed by atoms with E-state index in [4.69, 9.17) is 10.7 Å². The summed E-state index contributed by atoms with van der Waals surface area (Å²) in [6, 6.07) is 11.8. The molecule has 0 fully saturated rings. The third-order valence-corrected chi connectivity index (χ3v) is 9.00. The van der Waals surface area contributed by atoms with E-state index >= 15 is 0 Å². The lowest BCUT2D eigenvalue weighted by Gasteiger charge is -2.26. The van der Waals surface area contributed by atoms with Crippen LogP contribution in [0.5, 0.6) is 0 Å². The number of Topliss-reactive ketones (excluding diaryl/α,β-unsaturated/α-hetero) is 4. The molecule has 54 heavy (non-hydrogen) atoms. The molecule has 0 saturated carbocycles. The van der Waals surface area contributed by atoms with Gasteiger partial charge in [0.2, 0.25) is 11.6 Å². The zero-order valence-corrected chi connectivity index (χ0v) is 27.8. The highest BCUT2D eigenvalue weighted by Gasteiger charge is 2.76. The Morgan fingerprint density at radius 3 is 1.15 bits per heavy atom. The largest absolute Gasteiger partial charge is 0.460 e. The van der Waals surface area contributed by atoms with Crippen LogP contribution in [0.3, 0.4) is 0 Å². The zero-order valence-electron chi connectivity index (χ0n) is 26.2. The zero-order chi connectivity index (χ0) is 41.5. The van der Waals surface area contributed by atoms with Crippen LogP contribution in [0, 0.1) is 0 Å². The minimum Gasteiger partial charge on any atom is -0.294 e. The van der Waals surface area contributed by atoms with Crippen molar-refractivity contribution in [1.29, 1.82) is 0 Å². The molecule has 0 aromatic heterocycles. The van der Waals surface area contributed by atoms with Gasteiger partial charge in [0.25, 0.3) is 9.05 Å². The number of benzene rings is 3. The second-order valence-corrected chi connectivity index (χ2v) is 14.0. The maximum atomic E-state index is 13.7. The van der Waals surface area contributed by atoms with Gasteiger partial charge in [-0.25, -0.2) is 8.42 Å². The van der Waals surface area contributed by atoms with Gasteiger partial charge in [0.15, 0.2) is 11.6 Å². The number of ketones is 4. The van der Waals surface area contributed by atoms with E-state index in [-0.39, 0.29) is 24.0 Å². The molecule has 0 amide bonds. The van der Waals surface area contributed by atoms with Crippen LogP contribution in [0.4, 0.5) is 61.5 Å². The van der Waals surface area contributed by atoms with E-state index in [1.807, 2.05) is 0 Å². The van der Waals surface area contributed by atoms with Crippen LogP contribution < -0.4 is 0 Å². The Morgan fingerprint density at radius 1 is 0.500 bits per heavy atom. The van der Waals surface area contributed by atoms with E-state index in [9.17, 15) is 89.1 Å². The fraction of sp³-hybridized carbons (Fsp3) is 0.312. The summed E-state index contributed by atoms with van der Waals surface area (Å²) in [4.78, 5) is 47.4. The van der Waals surface area contributed by atoms with Gasteiger partial charge >= 0.3 is 36.0 Å². The second-order valence-electron chi connectivity index (χ2n) is 11.5. The summed E-state index contributed by atoms with van der Waals surface area (Å²) in [5, 5.41) is 0. The molecular weight excluding hydrogens is 814 g/mol. The van der Waals surface area contributed by atoms with Gasteiger partial charge in [0, 0.05) is 21.8 Å². The number of hydrogen-bond donors (Lipinski definition) is 0. The average Bonchev–Trinajstić information content (AvgIpc) is 3.04. The van der Waals surface area contributed by atoms with Crippen molar-refractivity contribution in [1.82, 2.24) is 0 Å². The van der Waals surface area contributed by atoms with E-state index in [1.54, 1.807) is 0 Å². The number of alkyl halides is 14. The maximum absolute atomic E-state index is 13.7. The molecule has 0 radical (unpaired) electrons. The number of hydrogen-bond acceptors (Lipinski definition) is 6. The summed E-state index contributed by atoms with van der Waals surface area (Å²) in [7, 11) is 1.09. The molecule has 0 aliphatic carbocycles. The first-order chi connectivity index (χ1) is 24.3. The number of halogens is 15. The van der Waals surface area contributed by atoms with Crippen molar-refractivity contribution in [2.75, 3.05) is 0 Å². The van der Waals surface area contributed by atoms with Gasteiger partial charge in [0.05, 0.1) is 17.7 Å². The van der Waals surface area contributed by atoms with Crippen LogP contribution in [-0.4, -0.2) is 67.6 Å². The molecule has 294 valence electrons. The molecule has 3 aromatic rings. The van der Waals surface area contributed by atoms with Crippen LogP contribution >= 0.6 is 10.7 Å². The fourth-order valence-corrected chi connectivity index (χ4v) is 5.37. The summed E-state index contributed by atoms with van der Waals surface area (Å²) < 4.78 is 206. The number of carbonyl (C=O) groups excluding carboxylic acids is 4. The van der Waals surface area contributed by atoms with E-state index in [0.29, 0.717) is 11.1 Å². The van der Waals surface area contributed by atoms with E-state index in [1.165, 1.54) is 18.2 Å². The van der Waals surface area contributed by atoms with Gasteiger partial charge in [-0.1, -0.05) is 54.6 Å². The van der Waals surface area contributed by atoms with Crippen molar-refractivity contribution in [3.8, 4) is 0 Å². The van der Waals surface area contributed by atoms with Gasteiger partial charge in [-0.05, 0) is 47.2 Å². The molecule has 0 aliphatic heterocycles. The van der Waals surface area contributed by atoms with Gasteiger partial charge in [-0.15, -0.1) is 0 Å². The smallest absolute Gasteiger partial charge is 0.294 e. The lowest BCUT2D eigenvalue weighted by molar-refractivity contribution is -0.343. The van der Waals surface area contributed by atoms with Crippen molar-refractivity contribution >= 4 is 42.9 Å². The van der Waals surface area contributed by atoms with Crippen LogP contribution in [0.1, 0.15) is 55.8 Å². The summed E-state index contributed by atoms with van der Waals surface area (Å²) in [5.41, 5.74) is 0.00375. The minimum absolute atomic E-state index is 0.101. The molecule has 0 N–H and O–H groups in total. The molecule has 3 rings (SSSR count). The molecule has 3 aromatic carbocycles. The van der Waals surface area contributed by atoms with Crippen molar-refractivity contribution in [2.24, 2.45) is 0 Å². The summed E-state index contributed by atoms with van der Waals surface area (Å²) in [6.07, 6.45) is -17.9. The van der Waals surface area contributed by atoms with E-state index in [2.05, 4.69) is 0 Å². The van der Waals surface area contributed by atoms with Gasteiger partial charge in [0.1, 0.15) is 0 Å². The third-order valence-electron chi connectivity index (χ3n) is 7.64. The lowest BCUT2D eigenvalue weighted by atomic mass is 9.93. The number of carbonyl (C=O) groups is 4. The molecule has 22 heteroatoms. The molecule has 0 heterocycles. The predicted octanol–water partition coefficient (Wildman–Crippen LogP) is 8.75. The molecule has 0 atom stereocenters. The first kappa shape index (κ1) is 44.0. The monoisotopic (exact) mass is 832 g/mol. The van der Waals surface area contributed by atoms with Crippen LogP contribution in [0.15, 0.2) is 71.6 Å². The third kappa shape index (κ3) is 9.10. The molecule has 0 spiro atoms. The normalized spacial score (nSPS) is 13.5. The molecular formula is C32H19ClF14O6S. The van der Waals surface area contributed by atoms with Crippen molar-refractivity contribution in [3.05, 3.63) is 100 Å². The predicted molar refractivity (Wildman–Crippen MR) is 158 cm³/mol. The Kier molecular flexibility index (Phi) is 12.2. The highest BCUT2D eigenvalue weighted by atomic mass is 35.7. The highest BCUT2D eigenvalue weighted by molar-refractivity contribution is 8.13. The van der Waals surface area contributed by atoms with Crippen LogP contribution in [-0.2, 0) is 31.5 Å². The summed E-state index contributed by atoms with van der Waals surface area (Å²) in [5.74, 6) is -35.1. The topological polar surface area (TPSA) is 102 Å². The van der Waals surface area contributed by atoms with Gasteiger partial charge in [-0.2, -0.15) is 61.5 Å². The molecule has 0 saturated heterocycles. The number of rotatable bonds is 15. The maximum Gasteiger partial charge on any atom is 0.460 e. The SMILES string of the molecule is O=C(CC(=O)C(F)(F)C(F)(F)C(F)(F)F)c1ccc(Cc2ccc(S(=O)(=O)Cl)cc2Cc2ccc(C(=O)CC(=O)C(F)(F)C(F)(F)C(F)(F)F)cc2)cc1. The van der Waals surface area contributed by atoms with Crippen LogP contribution in [0.25, 0.3) is 0 Å². The summed E-state index contributed by atoms with van der Waals surface area (Å²) >= 11 is 0. The van der Waals surface area contributed by atoms with E-state index in [0.717, 1.165) is 48.5 Å². The molecule has 6 nitrogen and oxygen atoms in total. The summed E-state index contributed by atoms with van der Waals surface area (Å²) in [6.45, 7) is 0. The quantitative estimate of drug-likeness (QED) is 0.0657. The Labute approximate surface area is 298 Å². The van der Waals surface area contributed by atoms with Gasteiger partial charge in [-0.3, -0.25) is 19.2 Å². The Bertz CT molecular complexity index is 2040. The highest BCUT2D eigenvalue weighted by Crippen LogP contribution is 2.48. The molecule has 0 unspecified atom stereocenters. The first-order valence-electron chi connectivity index (χ1n) is 14.4. The molecule has 0 bridgehead atoms. The Hall–Kier alpha value is -4.40. The van der Waals surface area contributed by atoms with Gasteiger partial charge < -0.3 is 0 Å². The van der Waals surface area contributed by atoms with Crippen LogP contribution in [0.2, 0.25) is 0 Å². The lowest BCUT2D eigenvalue weighted by Crippen LogP contribution is -2.56. The average molecular weight is 833 g/mol.